The molecule has 0 amide bonds. The van der Waals surface area contributed by atoms with Crippen molar-refractivity contribution in [3.05, 3.63) is 35.4 Å². The Morgan fingerprint density at radius 2 is 2.17 bits per heavy atom. The molecular weight excluding hydrogens is 156 g/mol. The van der Waals surface area contributed by atoms with E-state index in [-0.39, 0.29) is 5.84 Å². The standard InChI is InChI=1S/C8H8N2O2/c9-8(10-12)7-4-2-1-3-6(7)5-11/h1-5,12H,(H2,9,10). The molecule has 0 aliphatic heterocycles. The van der Waals surface area contributed by atoms with Crippen molar-refractivity contribution < 1.29 is 10.0 Å². The van der Waals surface area contributed by atoms with Crippen molar-refractivity contribution in [3.8, 4) is 0 Å². The van der Waals surface area contributed by atoms with Gasteiger partial charge in [0.2, 0.25) is 0 Å². The molecule has 4 heteroatoms. The fraction of sp³-hybridized carbons (Fsp3) is 0. The van der Waals surface area contributed by atoms with Crippen LogP contribution in [0.5, 0.6) is 0 Å². The molecule has 0 heterocycles. The van der Waals surface area contributed by atoms with Crippen LogP contribution in [0.3, 0.4) is 0 Å². The van der Waals surface area contributed by atoms with E-state index in [9.17, 15) is 4.79 Å². The van der Waals surface area contributed by atoms with Gasteiger partial charge in [-0.1, -0.05) is 29.4 Å². The number of benzene rings is 1. The number of amidine groups is 1. The maximum absolute atomic E-state index is 10.5. The molecule has 0 saturated carbocycles. The second-order valence-corrected chi connectivity index (χ2v) is 2.19. The van der Waals surface area contributed by atoms with E-state index in [0.29, 0.717) is 17.4 Å². The zero-order valence-corrected chi connectivity index (χ0v) is 6.27. The highest BCUT2D eigenvalue weighted by molar-refractivity contribution is 6.03. The summed E-state index contributed by atoms with van der Waals surface area (Å²) in [7, 11) is 0. The third kappa shape index (κ3) is 1.42. The number of hydrogen-bond donors (Lipinski definition) is 2. The number of aldehydes is 1. The van der Waals surface area contributed by atoms with Crippen LogP contribution in [0.15, 0.2) is 29.4 Å². The summed E-state index contributed by atoms with van der Waals surface area (Å²) in [6.07, 6.45) is 0.660. The van der Waals surface area contributed by atoms with Crippen molar-refractivity contribution in [2.24, 2.45) is 10.9 Å². The molecule has 1 aromatic rings. The molecule has 0 bridgehead atoms. The van der Waals surface area contributed by atoms with Crippen LogP contribution in [0.1, 0.15) is 15.9 Å². The molecule has 0 spiro atoms. The summed E-state index contributed by atoms with van der Waals surface area (Å²) in [4.78, 5) is 10.5. The fourth-order valence-electron chi connectivity index (χ4n) is 0.887. The van der Waals surface area contributed by atoms with E-state index in [1.54, 1.807) is 24.3 Å². The predicted molar refractivity (Wildman–Crippen MR) is 44.3 cm³/mol. The van der Waals surface area contributed by atoms with Crippen LogP contribution in [0.2, 0.25) is 0 Å². The summed E-state index contributed by atoms with van der Waals surface area (Å²) in [5, 5.41) is 11.2. The zero-order chi connectivity index (χ0) is 8.97. The van der Waals surface area contributed by atoms with E-state index < -0.39 is 0 Å². The lowest BCUT2D eigenvalue weighted by molar-refractivity contribution is 0.112. The maximum atomic E-state index is 10.5. The summed E-state index contributed by atoms with van der Waals surface area (Å²) in [5.41, 5.74) is 6.16. The van der Waals surface area contributed by atoms with Crippen molar-refractivity contribution >= 4 is 12.1 Å². The highest BCUT2D eigenvalue weighted by Gasteiger charge is 2.03. The molecule has 0 aliphatic carbocycles. The Morgan fingerprint density at radius 3 is 2.75 bits per heavy atom. The van der Waals surface area contributed by atoms with Gasteiger partial charge in [0.15, 0.2) is 12.1 Å². The Balaban J connectivity index is 3.22. The number of oxime groups is 1. The first-order chi connectivity index (χ1) is 5.79. The lowest BCUT2D eigenvalue weighted by atomic mass is 10.1. The molecular formula is C8H8N2O2. The van der Waals surface area contributed by atoms with Gasteiger partial charge in [0.1, 0.15) is 0 Å². The smallest absolute Gasteiger partial charge is 0.170 e. The summed E-state index contributed by atoms with van der Waals surface area (Å²) in [6.45, 7) is 0. The molecule has 4 nitrogen and oxygen atoms in total. The van der Waals surface area contributed by atoms with Gasteiger partial charge in [0.05, 0.1) is 0 Å². The van der Waals surface area contributed by atoms with Crippen molar-refractivity contribution in [1.29, 1.82) is 0 Å². The van der Waals surface area contributed by atoms with Crippen molar-refractivity contribution in [1.82, 2.24) is 0 Å². The van der Waals surface area contributed by atoms with Gasteiger partial charge in [-0.3, -0.25) is 4.79 Å². The predicted octanol–water partition coefficient (Wildman–Crippen LogP) is 0.594. The quantitative estimate of drug-likeness (QED) is 0.221. The van der Waals surface area contributed by atoms with Crippen LogP contribution in [0, 0.1) is 0 Å². The van der Waals surface area contributed by atoms with E-state index >= 15 is 0 Å². The van der Waals surface area contributed by atoms with Crippen LogP contribution in [0.25, 0.3) is 0 Å². The number of hydrogen-bond acceptors (Lipinski definition) is 3. The van der Waals surface area contributed by atoms with Crippen LogP contribution in [0.4, 0.5) is 0 Å². The second-order valence-electron chi connectivity index (χ2n) is 2.19. The largest absolute Gasteiger partial charge is 0.409 e. The van der Waals surface area contributed by atoms with Gasteiger partial charge >= 0.3 is 0 Å². The van der Waals surface area contributed by atoms with E-state index in [1.165, 1.54) is 0 Å². The Bertz CT molecular complexity index is 321. The van der Waals surface area contributed by atoms with Crippen molar-refractivity contribution in [3.63, 3.8) is 0 Å². The SMILES string of the molecule is N/C(=N\O)c1ccccc1C=O. The number of rotatable bonds is 2. The minimum Gasteiger partial charge on any atom is -0.409 e. The van der Waals surface area contributed by atoms with Crippen LogP contribution in [-0.2, 0) is 0 Å². The highest BCUT2D eigenvalue weighted by Crippen LogP contribution is 2.04. The van der Waals surface area contributed by atoms with E-state index in [0.717, 1.165) is 0 Å². The molecule has 0 radical (unpaired) electrons. The summed E-state index contributed by atoms with van der Waals surface area (Å²) in [6, 6.07) is 6.62. The monoisotopic (exact) mass is 164 g/mol. The minimum absolute atomic E-state index is 0.0577. The van der Waals surface area contributed by atoms with Gasteiger partial charge in [-0.25, -0.2) is 0 Å². The summed E-state index contributed by atoms with van der Waals surface area (Å²) < 4.78 is 0. The van der Waals surface area contributed by atoms with Gasteiger partial charge in [0, 0.05) is 11.1 Å². The van der Waals surface area contributed by atoms with Gasteiger partial charge in [-0.05, 0) is 0 Å². The average Bonchev–Trinajstić information content (AvgIpc) is 2.16. The van der Waals surface area contributed by atoms with Gasteiger partial charge in [0.25, 0.3) is 0 Å². The van der Waals surface area contributed by atoms with E-state index in [2.05, 4.69) is 5.16 Å². The third-order valence-corrected chi connectivity index (χ3v) is 1.47. The molecule has 12 heavy (non-hydrogen) atoms. The molecule has 0 saturated heterocycles. The Labute approximate surface area is 69.3 Å². The topological polar surface area (TPSA) is 75.7 Å². The van der Waals surface area contributed by atoms with Gasteiger partial charge in [-0.2, -0.15) is 0 Å². The molecule has 0 unspecified atom stereocenters. The fourth-order valence-corrected chi connectivity index (χ4v) is 0.887. The number of nitrogens with two attached hydrogens (primary N) is 1. The first kappa shape index (κ1) is 8.26. The first-order valence-electron chi connectivity index (χ1n) is 3.31. The normalized spacial score (nSPS) is 11.2. The number of nitrogens with zero attached hydrogens (tertiary/aromatic N) is 1. The summed E-state index contributed by atoms with van der Waals surface area (Å²) in [5.74, 6) is -0.0577. The lowest BCUT2D eigenvalue weighted by Crippen LogP contribution is -2.15. The molecule has 0 aromatic heterocycles. The lowest BCUT2D eigenvalue weighted by Gasteiger charge is -2.00. The molecule has 3 N–H and O–H groups in total. The molecule has 1 aromatic carbocycles. The second kappa shape index (κ2) is 3.52. The highest BCUT2D eigenvalue weighted by atomic mass is 16.4. The molecule has 62 valence electrons. The Hall–Kier alpha value is -1.84. The van der Waals surface area contributed by atoms with E-state index in [1.807, 2.05) is 0 Å². The van der Waals surface area contributed by atoms with Gasteiger partial charge < -0.3 is 10.9 Å². The van der Waals surface area contributed by atoms with Crippen LogP contribution < -0.4 is 5.73 Å². The van der Waals surface area contributed by atoms with Gasteiger partial charge in [-0.15, -0.1) is 0 Å². The minimum atomic E-state index is -0.0577. The number of carbonyl (C=O) groups excluding carboxylic acids is 1. The summed E-state index contributed by atoms with van der Waals surface area (Å²) >= 11 is 0. The zero-order valence-electron chi connectivity index (χ0n) is 6.27. The Kier molecular flexibility index (Phi) is 2.42. The van der Waals surface area contributed by atoms with Crippen LogP contribution >= 0.6 is 0 Å². The molecule has 0 atom stereocenters. The van der Waals surface area contributed by atoms with E-state index in [4.69, 9.17) is 10.9 Å². The maximum Gasteiger partial charge on any atom is 0.170 e. The Morgan fingerprint density at radius 1 is 1.50 bits per heavy atom. The molecule has 1 rings (SSSR count). The molecule has 0 fully saturated rings. The molecule has 0 aliphatic rings. The first-order valence-corrected chi connectivity index (χ1v) is 3.31. The van der Waals surface area contributed by atoms with Crippen molar-refractivity contribution in [2.45, 2.75) is 0 Å². The van der Waals surface area contributed by atoms with Crippen LogP contribution in [-0.4, -0.2) is 17.3 Å². The van der Waals surface area contributed by atoms with Crippen molar-refractivity contribution in [2.75, 3.05) is 0 Å². The third-order valence-electron chi connectivity index (χ3n) is 1.47. The average molecular weight is 164 g/mol. The number of carbonyl (C=O) groups is 1.